The molecule has 0 saturated carbocycles. The Morgan fingerprint density at radius 3 is 2.72 bits per heavy atom. The maximum absolute atomic E-state index is 13.8. The quantitative estimate of drug-likeness (QED) is 0.397. The number of alkyl halides is 3. The van der Waals surface area contributed by atoms with Crippen molar-refractivity contribution in [2.75, 3.05) is 36.1 Å². The third kappa shape index (κ3) is 4.31. The lowest BCUT2D eigenvalue weighted by molar-refractivity contribution is -0.152. The normalized spacial score (nSPS) is 21.4. The molecule has 2 aliphatic heterocycles. The van der Waals surface area contributed by atoms with Crippen LogP contribution >= 0.6 is 0 Å². The number of aromatic nitrogens is 3. The molecule has 0 spiro atoms. The Balaban J connectivity index is 1.76. The van der Waals surface area contributed by atoms with Crippen LogP contribution in [0.5, 0.6) is 0 Å². The van der Waals surface area contributed by atoms with Crippen LogP contribution in [0.3, 0.4) is 0 Å². The number of anilines is 2. The van der Waals surface area contributed by atoms with E-state index >= 15 is 0 Å². The Bertz CT molecular complexity index is 1070. The van der Waals surface area contributed by atoms with Crippen molar-refractivity contribution >= 4 is 17.5 Å². The molecule has 1 fully saturated rings. The van der Waals surface area contributed by atoms with Gasteiger partial charge in [0, 0.05) is 19.2 Å². The van der Waals surface area contributed by atoms with E-state index in [4.69, 9.17) is 4.74 Å². The number of halogens is 4. The molecule has 2 aromatic heterocycles. The number of morpholine rings is 1. The van der Waals surface area contributed by atoms with Gasteiger partial charge in [0.15, 0.2) is 0 Å². The van der Waals surface area contributed by atoms with E-state index in [-0.39, 0.29) is 30.0 Å². The molecule has 8 nitrogen and oxygen atoms in total. The fourth-order valence-electron chi connectivity index (χ4n) is 3.99. The molecule has 32 heavy (non-hydrogen) atoms. The molecule has 0 bridgehead atoms. The molecule has 4 heterocycles. The third-order valence-corrected chi connectivity index (χ3v) is 5.59. The number of nitrogens with zero attached hydrogens (tertiary/aromatic N) is 5. The molecule has 0 aromatic carbocycles. The number of rotatable bonds is 4. The highest BCUT2D eigenvalue weighted by atomic mass is 19.4. The molecule has 0 radical (unpaired) electrons. The lowest BCUT2D eigenvalue weighted by Gasteiger charge is -2.40. The summed E-state index contributed by atoms with van der Waals surface area (Å²) in [5, 5.41) is 0. The second-order valence-electron chi connectivity index (χ2n) is 7.76. The minimum atomic E-state index is -4.67. The van der Waals surface area contributed by atoms with Gasteiger partial charge in [0.2, 0.25) is 17.7 Å². The number of hydrogen-bond acceptors (Lipinski definition) is 7. The SMILES string of the molecule is C[C@@H]1COCCN1c1cc(=O)n2c(n1)N(CC(=O)c1cccc(F)n1)[C@H](C(F)(F)F)CC2. The average Bonchev–Trinajstić information content (AvgIpc) is 2.73. The number of carbonyl (C=O) groups excluding carboxylic acids is 1. The molecule has 2 atom stereocenters. The molecule has 0 aliphatic carbocycles. The van der Waals surface area contributed by atoms with Gasteiger partial charge in [-0.15, -0.1) is 0 Å². The first-order valence-corrected chi connectivity index (χ1v) is 10.1. The zero-order chi connectivity index (χ0) is 23.0. The molecule has 0 unspecified atom stereocenters. The Hall–Kier alpha value is -3.02. The van der Waals surface area contributed by atoms with E-state index in [1.54, 1.807) is 4.90 Å². The third-order valence-electron chi connectivity index (χ3n) is 5.59. The first-order chi connectivity index (χ1) is 15.1. The summed E-state index contributed by atoms with van der Waals surface area (Å²) in [6.45, 7) is 2.11. The Morgan fingerprint density at radius 1 is 1.25 bits per heavy atom. The number of carbonyl (C=O) groups is 1. The molecule has 0 amide bonds. The summed E-state index contributed by atoms with van der Waals surface area (Å²) >= 11 is 0. The van der Waals surface area contributed by atoms with Crippen LogP contribution in [0.2, 0.25) is 0 Å². The monoisotopic (exact) mass is 455 g/mol. The van der Waals surface area contributed by atoms with Crippen LogP contribution in [0.25, 0.3) is 0 Å². The molecule has 12 heteroatoms. The van der Waals surface area contributed by atoms with E-state index in [0.717, 1.165) is 15.5 Å². The standard InChI is InChI=1S/C20H21F4N5O3/c1-12-11-32-8-7-27(12)17-9-18(31)28-6-5-15(20(22,23)24)29(19(28)26-17)10-14(30)13-3-2-4-16(21)25-13/h2-4,9,12,15H,5-8,10-11H2,1H3/t12-,15+/m1/s1. The topological polar surface area (TPSA) is 80.6 Å². The van der Waals surface area contributed by atoms with Crippen LogP contribution in [0.15, 0.2) is 29.1 Å². The van der Waals surface area contributed by atoms with Gasteiger partial charge in [-0.05, 0) is 25.5 Å². The largest absolute Gasteiger partial charge is 0.408 e. The number of hydrogen-bond donors (Lipinski definition) is 0. The Labute approximate surface area is 180 Å². The van der Waals surface area contributed by atoms with Crippen molar-refractivity contribution in [1.82, 2.24) is 14.5 Å². The molecule has 2 aromatic rings. The smallest absolute Gasteiger partial charge is 0.377 e. The lowest BCUT2D eigenvalue weighted by atomic mass is 10.1. The summed E-state index contributed by atoms with van der Waals surface area (Å²) in [7, 11) is 0. The number of Topliss-reactive ketones (excluding diaryl/α,β-unsaturated/α-hetero) is 1. The van der Waals surface area contributed by atoms with Crippen LogP contribution < -0.4 is 15.4 Å². The van der Waals surface area contributed by atoms with Crippen molar-refractivity contribution in [1.29, 1.82) is 0 Å². The number of pyridine rings is 1. The van der Waals surface area contributed by atoms with E-state index in [1.165, 1.54) is 18.2 Å². The second kappa shape index (κ2) is 8.49. The summed E-state index contributed by atoms with van der Waals surface area (Å²) in [6.07, 6.45) is -5.09. The first kappa shape index (κ1) is 22.2. The average molecular weight is 455 g/mol. The van der Waals surface area contributed by atoms with Gasteiger partial charge in [0.1, 0.15) is 17.6 Å². The summed E-state index contributed by atoms with van der Waals surface area (Å²) in [5.74, 6) is -1.75. The number of ketones is 1. The van der Waals surface area contributed by atoms with Gasteiger partial charge in [0.05, 0.1) is 25.8 Å². The first-order valence-electron chi connectivity index (χ1n) is 10.1. The summed E-state index contributed by atoms with van der Waals surface area (Å²) in [6, 6.07) is 2.64. The van der Waals surface area contributed by atoms with Crippen molar-refractivity contribution in [3.05, 3.63) is 46.3 Å². The maximum Gasteiger partial charge on any atom is 0.408 e. The van der Waals surface area contributed by atoms with Gasteiger partial charge in [-0.2, -0.15) is 22.5 Å². The number of fused-ring (bicyclic) bond motifs is 1. The highest BCUT2D eigenvalue weighted by Crippen LogP contribution is 2.34. The highest BCUT2D eigenvalue weighted by Gasteiger charge is 2.47. The minimum absolute atomic E-state index is 0.132. The van der Waals surface area contributed by atoms with Gasteiger partial charge >= 0.3 is 6.18 Å². The fourth-order valence-corrected chi connectivity index (χ4v) is 3.99. The molecule has 0 N–H and O–H groups in total. The van der Waals surface area contributed by atoms with Crippen molar-refractivity contribution in [2.24, 2.45) is 0 Å². The minimum Gasteiger partial charge on any atom is -0.377 e. The van der Waals surface area contributed by atoms with Crippen molar-refractivity contribution < 1.29 is 27.1 Å². The van der Waals surface area contributed by atoms with Crippen LogP contribution in [-0.4, -0.2) is 64.9 Å². The van der Waals surface area contributed by atoms with Crippen LogP contribution in [0.1, 0.15) is 23.8 Å². The highest BCUT2D eigenvalue weighted by molar-refractivity contribution is 5.97. The summed E-state index contributed by atoms with van der Waals surface area (Å²) in [5.41, 5.74) is -0.811. The molecular formula is C20H21F4N5O3. The zero-order valence-electron chi connectivity index (χ0n) is 17.2. The predicted molar refractivity (Wildman–Crippen MR) is 106 cm³/mol. The van der Waals surface area contributed by atoms with Crippen LogP contribution in [0.4, 0.5) is 29.3 Å². The lowest BCUT2D eigenvalue weighted by Crippen LogP contribution is -2.54. The summed E-state index contributed by atoms with van der Waals surface area (Å²) in [4.78, 5) is 35.8. The van der Waals surface area contributed by atoms with E-state index in [2.05, 4.69) is 9.97 Å². The second-order valence-corrected chi connectivity index (χ2v) is 7.76. The Kier molecular flexibility index (Phi) is 5.89. The van der Waals surface area contributed by atoms with E-state index in [0.29, 0.717) is 19.8 Å². The van der Waals surface area contributed by atoms with Gasteiger partial charge in [-0.3, -0.25) is 14.2 Å². The van der Waals surface area contributed by atoms with Crippen LogP contribution in [0, 0.1) is 5.95 Å². The summed E-state index contributed by atoms with van der Waals surface area (Å²) < 4.78 is 61.5. The molecule has 4 rings (SSSR count). The van der Waals surface area contributed by atoms with Crippen molar-refractivity contribution in [2.45, 2.75) is 38.1 Å². The maximum atomic E-state index is 13.8. The van der Waals surface area contributed by atoms with Crippen molar-refractivity contribution in [3.8, 4) is 0 Å². The fraction of sp³-hybridized carbons (Fsp3) is 0.500. The van der Waals surface area contributed by atoms with Crippen LogP contribution in [-0.2, 0) is 11.3 Å². The van der Waals surface area contributed by atoms with E-state index in [9.17, 15) is 27.2 Å². The van der Waals surface area contributed by atoms with Gasteiger partial charge in [-0.1, -0.05) is 6.07 Å². The van der Waals surface area contributed by atoms with E-state index < -0.39 is 42.5 Å². The number of ether oxygens (including phenoxy) is 1. The molecule has 1 saturated heterocycles. The van der Waals surface area contributed by atoms with E-state index in [1.807, 2.05) is 6.92 Å². The Morgan fingerprint density at radius 2 is 2.03 bits per heavy atom. The van der Waals surface area contributed by atoms with Crippen molar-refractivity contribution in [3.63, 3.8) is 0 Å². The van der Waals surface area contributed by atoms with Gasteiger partial charge < -0.3 is 14.5 Å². The zero-order valence-corrected chi connectivity index (χ0v) is 17.2. The molecule has 172 valence electrons. The molecule has 2 aliphatic rings. The predicted octanol–water partition coefficient (Wildman–Crippen LogP) is 2.03. The molecular weight excluding hydrogens is 434 g/mol. The van der Waals surface area contributed by atoms with Gasteiger partial charge in [-0.25, -0.2) is 4.98 Å². The van der Waals surface area contributed by atoms with Gasteiger partial charge in [0.25, 0.3) is 5.56 Å².